The molecule has 0 bridgehead atoms. The molecule has 0 saturated carbocycles. The summed E-state index contributed by atoms with van der Waals surface area (Å²) in [5.74, 6) is 0. The molecule has 0 heterocycles. The molecular formula is C40H78O2. The van der Waals surface area contributed by atoms with Crippen LogP contribution in [-0.2, 0) is 9.47 Å². The summed E-state index contributed by atoms with van der Waals surface area (Å²) in [4.78, 5) is 0. The fourth-order valence-electron chi connectivity index (χ4n) is 6.19. The van der Waals surface area contributed by atoms with E-state index < -0.39 is 0 Å². The highest BCUT2D eigenvalue weighted by molar-refractivity contribution is 4.54. The predicted octanol–water partition coefficient (Wildman–Crippen LogP) is 14.6. The van der Waals surface area contributed by atoms with Gasteiger partial charge in [-0.25, -0.2) is 0 Å². The maximum atomic E-state index is 5.17. The third-order valence-electron chi connectivity index (χ3n) is 9.01. The van der Waals surface area contributed by atoms with E-state index in [0.29, 0.717) is 0 Å². The Bertz CT molecular complexity index is 444. The van der Waals surface area contributed by atoms with E-state index in [0.717, 1.165) is 13.2 Å². The lowest BCUT2D eigenvalue weighted by molar-refractivity contribution is 0.241. The van der Waals surface area contributed by atoms with Crippen molar-refractivity contribution in [2.24, 2.45) is 0 Å². The van der Waals surface area contributed by atoms with Crippen LogP contribution in [0.25, 0.3) is 0 Å². The molecular weight excluding hydrogens is 512 g/mol. The van der Waals surface area contributed by atoms with E-state index >= 15 is 0 Å². The van der Waals surface area contributed by atoms with Crippen molar-refractivity contribution < 1.29 is 9.47 Å². The molecule has 0 rings (SSSR count). The number of hydrogen-bond donors (Lipinski definition) is 0. The molecule has 0 aromatic heterocycles. The molecule has 0 unspecified atom stereocenters. The lowest BCUT2D eigenvalue weighted by atomic mass is 10.0. The van der Waals surface area contributed by atoms with Gasteiger partial charge in [-0.3, -0.25) is 0 Å². The Balaban J connectivity index is 3.03. The van der Waals surface area contributed by atoms with Gasteiger partial charge in [0.25, 0.3) is 0 Å². The predicted molar refractivity (Wildman–Crippen MR) is 189 cm³/mol. The van der Waals surface area contributed by atoms with E-state index in [2.05, 4.69) is 13.2 Å². The Hall–Kier alpha value is -0.920. The minimum Gasteiger partial charge on any atom is -0.502 e. The molecule has 0 aromatic carbocycles. The van der Waals surface area contributed by atoms with Gasteiger partial charge in [-0.15, -0.1) is 0 Å². The monoisotopic (exact) mass is 591 g/mol. The molecule has 0 aromatic rings. The Morgan fingerprint density at radius 2 is 0.333 bits per heavy atom. The summed E-state index contributed by atoms with van der Waals surface area (Å²) in [6.07, 6.45) is 51.8. The third-order valence-corrected chi connectivity index (χ3v) is 9.01. The molecule has 2 heteroatoms. The molecule has 0 fully saturated rings. The Morgan fingerprint density at radius 1 is 0.214 bits per heavy atom. The Morgan fingerprint density at radius 3 is 0.452 bits per heavy atom. The van der Waals surface area contributed by atoms with Gasteiger partial charge in [-0.1, -0.05) is 219 Å². The minimum absolute atomic E-state index is 0.848. The van der Waals surface area contributed by atoms with E-state index in [9.17, 15) is 0 Å². The van der Waals surface area contributed by atoms with E-state index in [4.69, 9.17) is 9.47 Å². The van der Waals surface area contributed by atoms with Gasteiger partial charge in [0, 0.05) is 0 Å². The third kappa shape index (κ3) is 39.1. The van der Waals surface area contributed by atoms with E-state index in [-0.39, 0.29) is 0 Å². The van der Waals surface area contributed by atoms with Gasteiger partial charge in [-0.05, 0) is 12.8 Å². The van der Waals surface area contributed by atoms with Gasteiger partial charge in [-0.2, -0.15) is 0 Å². The van der Waals surface area contributed by atoms with Crippen LogP contribution >= 0.6 is 0 Å². The molecule has 0 spiro atoms. The van der Waals surface area contributed by atoms with Crippen LogP contribution in [0.4, 0.5) is 0 Å². The standard InChI is InChI=1S/C40H78O2/c1-3-41-39-37-35-33-31-29-27-25-23-21-19-17-15-13-11-9-7-5-6-8-10-12-14-16-18-20-22-24-26-28-30-32-34-36-38-40-42-4-2/h3-4H,1-2,5-40H2. The fourth-order valence-corrected chi connectivity index (χ4v) is 6.19. The molecule has 0 amide bonds. The molecule has 0 radical (unpaired) electrons. The first kappa shape index (κ1) is 41.1. The van der Waals surface area contributed by atoms with Crippen LogP contribution in [-0.4, -0.2) is 13.2 Å². The average molecular weight is 591 g/mol. The van der Waals surface area contributed by atoms with Crippen molar-refractivity contribution in [2.45, 2.75) is 218 Å². The Kier molecular flexibility index (Phi) is 39.2. The summed E-state index contributed by atoms with van der Waals surface area (Å²) < 4.78 is 10.3. The van der Waals surface area contributed by atoms with Crippen LogP contribution in [0.1, 0.15) is 218 Å². The molecule has 0 atom stereocenters. The molecule has 0 aliphatic rings. The number of rotatable bonds is 39. The number of unbranched alkanes of at least 4 members (excludes halogenated alkanes) is 33. The molecule has 2 nitrogen and oxygen atoms in total. The SMILES string of the molecule is C=COCCCCCCCCCCCCCCCCCCCCCCCCCCCCCCCCCCCCOC=C. The van der Waals surface area contributed by atoms with Gasteiger partial charge >= 0.3 is 0 Å². The van der Waals surface area contributed by atoms with Crippen LogP contribution in [0.15, 0.2) is 25.7 Å². The van der Waals surface area contributed by atoms with E-state index in [1.54, 1.807) is 12.5 Å². The molecule has 250 valence electrons. The van der Waals surface area contributed by atoms with Crippen molar-refractivity contribution in [3.63, 3.8) is 0 Å². The van der Waals surface area contributed by atoms with Crippen LogP contribution in [0.2, 0.25) is 0 Å². The average Bonchev–Trinajstić information content (AvgIpc) is 3.00. The first-order valence-electron chi connectivity index (χ1n) is 19.4. The van der Waals surface area contributed by atoms with Crippen molar-refractivity contribution in [3.8, 4) is 0 Å². The quantitative estimate of drug-likeness (QED) is 0.0523. The fraction of sp³-hybridized carbons (Fsp3) is 0.900. The molecule has 42 heavy (non-hydrogen) atoms. The van der Waals surface area contributed by atoms with Crippen LogP contribution < -0.4 is 0 Å². The topological polar surface area (TPSA) is 18.5 Å². The van der Waals surface area contributed by atoms with Crippen molar-refractivity contribution in [1.29, 1.82) is 0 Å². The van der Waals surface area contributed by atoms with Crippen LogP contribution in [0.5, 0.6) is 0 Å². The van der Waals surface area contributed by atoms with Gasteiger partial charge in [0.15, 0.2) is 0 Å². The normalized spacial score (nSPS) is 11.1. The van der Waals surface area contributed by atoms with Gasteiger partial charge in [0.2, 0.25) is 0 Å². The van der Waals surface area contributed by atoms with Crippen LogP contribution in [0, 0.1) is 0 Å². The lowest BCUT2D eigenvalue weighted by Crippen LogP contribution is -1.87. The number of ether oxygens (including phenoxy) is 2. The maximum Gasteiger partial charge on any atom is 0.0873 e. The van der Waals surface area contributed by atoms with Crippen molar-refractivity contribution in [3.05, 3.63) is 25.7 Å². The zero-order chi connectivity index (χ0) is 30.3. The smallest absolute Gasteiger partial charge is 0.0873 e. The second kappa shape index (κ2) is 40.1. The first-order chi connectivity index (χ1) is 20.9. The van der Waals surface area contributed by atoms with Crippen molar-refractivity contribution in [1.82, 2.24) is 0 Å². The summed E-state index contributed by atoms with van der Waals surface area (Å²) >= 11 is 0. The van der Waals surface area contributed by atoms with E-state index in [1.807, 2.05) is 0 Å². The molecule has 0 aliphatic carbocycles. The van der Waals surface area contributed by atoms with Crippen LogP contribution in [0.3, 0.4) is 0 Å². The largest absolute Gasteiger partial charge is 0.502 e. The summed E-state index contributed by atoms with van der Waals surface area (Å²) in [6, 6.07) is 0. The summed E-state index contributed by atoms with van der Waals surface area (Å²) in [5.41, 5.74) is 0. The highest BCUT2D eigenvalue weighted by Gasteiger charge is 1.97. The highest BCUT2D eigenvalue weighted by Crippen LogP contribution is 2.17. The highest BCUT2D eigenvalue weighted by atomic mass is 16.5. The van der Waals surface area contributed by atoms with Gasteiger partial charge in [0.05, 0.1) is 25.7 Å². The zero-order valence-electron chi connectivity index (χ0n) is 28.8. The maximum absolute atomic E-state index is 5.17. The Labute approximate surface area is 266 Å². The van der Waals surface area contributed by atoms with E-state index in [1.165, 1.54) is 218 Å². The summed E-state index contributed by atoms with van der Waals surface area (Å²) in [6.45, 7) is 8.86. The zero-order valence-corrected chi connectivity index (χ0v) is 28.8. The molecule has 0 aliphatic heterocycles. The molecule has 0 N–H and O–H groups in total. The number of hydrogen-bond acceptors (Lipinski definition) is 2. The van der Waals surface area contributed by atoms with Gasteiger partial charge in [0.1, 0.15) is 0 Å². The minimum atomic E-state index is 0.848. The van der Waals surface area contributed by atoms with Crippen molar-refractivity contribution in [2.75, 3.05) is 13.2 Å². The van der Waals surface area contributed by atoms with Crippen molar-refractivity contribution >= 4 is 0 Å². The van der Waals surface area contributed by atoms with Gasteiger partial charge < -0.3 is 9.47 Å². The lowest BCUT2D eigenvalue weighted by Gasteiger charge is -2.05. The summed E-state index contributed by atoms with van der Waals surface area (Å²) in [5, 5.41) is 0. The summed E-state index contributed by atoms with van der Waals surface area (Å²) in [7, 11) is 0. The second-order valence-electron chi connectivity index (χ2n) is 13.1. The molecule has 0 saturated heterocycles. The second-order valence-corrected chi connectivity index (χ2v) is 13.1. The first-order valence-corrected chi connectivity index (χ1v) is 19.4.